The zero-order valence-corrected chi connectivity index (χ0v) is 17.7. The minimum Gasteiger partial charge on any atom is -0.497 e. The SMILES string of the molecule is COc1ccc2[nH]c(-c3cc(N4CCC(C(=O)N5CCCC5)CC4)ccc3F)nc2c1. The number of methoxy groups -OCH3 is 1. The fraction of sp³-hybridized carbons (Fsp3) is 0.417. The number of ether oxygens (including phenoxy) is 1. The average molecular weight is 423 g/mol. The number of hydrogen-bond acceptors (Lipinski definition) is 4. The van der Waals surface area contributed by atoms with Crippen molar-refractivity contribution >= 4 is 22.6 Å². The summed E-state index contributed by atoms with van der Waals surface area (Å²) < 4.78 is 19.9. The maximum absolute atomic E-state index is 14.7. The minimum absolute atomic E-state index is 0.111. The van der Waals surface area contributed by atoms with Gasteiger partial charge in [-0.1, -0.05) is 0 Å². The van der Waals surface area contributed by atoms with Crippen LogP contribution in [0.1, 0.15) is 25.7 Å². The number of imidazole rings is 1. The van der Waals surface area contributed by atoms with Gasteiger partial charge in [0.25, 0.3) is 0 Å². The van der Waals surface area contributed by atoms with E-state index in [1.54, 1.807) is 7.11 Å². The van der Waals surface area contributed by atoms with Gasteiger partial charge >= 0.3 is 0 Å². The number of halogens is 1. The Labute approximate surface area is 181 Å². The van der Waals surface area contributed by atoms with Crippen LogP contribution in [0.15, 0.2) is 36.4 Å². The fourth-order valence-corrected chi connectivity index (χ4v) is 4.71. The molecule has 0 spiro atoms. The molecule has 3 aromatic rings. The van der Waals surface area contributed by atoms with Crippen LogP contribution in [0.2, 0.25) is 0 Å². The number of aromatic amines is 1. The number of hydrogen-bond donors (Lipinski definition) is 1. The minimum atomic E-state index is -0.311. The topological polar surface area (TPSA) is 61.5 Å². The first kappa shape index (κ1) is 19.8. The van der Waals surface area contributed by atoms with Crippen LogP contribution >= 0.6 is 0 Å². The van der Waals surface area contributed by atoms with E-state index in [0.29, 0.717) is 23.0 Å². The van der Waals surface area contributed by atoms with E-state index < -0.39 is 0 Å². The molecule has 31 heavy (non-hydrogen) atoms. The summed E-state index contributed by atoms with van der Waals surface area (Å²) in [6.07, 6.45) is 3.92. The van der Waals surface area contributed by atoms with E-state index in [1.807, 2.05) is 35.2 Å². The Balaban J connectivity index is 1.34. The summed E-state index contributed by atoms with van der Waals surface area (Å²) in [5.74, 6) is 1.33. The van der Waals surface area contributed by atoms with Gasteiger partial charge in [-0.15, -0.1) is 0 Å². The molecule has 6 nitrogen and oxygen atoms in total. The molecule has 2 aliphatic heterocycles. The first-order chi connectivity index (χ1) is 15.1. The lowest BCUT2D eigenvalue weighted by Gasteiger charge is -2.34. The summed E-state index contributed by atoms with van der Waals surface area (Å²) in [5, 5.41) is 0. The van der Waals surface area contributed by atoms with Crippen LogP contribution < -0.4 is 9.64 Å². The lowest BCUT2D eigenvalue weighted by molar-refractivity contribution is -0.135. The molecular formula is C24H27FN4O2. The first-order valence-electron chi connectivity index (χ1n) is 11.0. The molecule has 1 N–H and O–H groups in total. The number of nitrogens with one attached hydrogen (secondary N) is 1. The molecule has 2 saturated heterocycles. The Morgan fingerprint density at radius 2 is 1.87 bits per heavy atom. The molecular weight excluding hydrogens is 395 g/mol. The van der Waals surface area contributed by atoms with Crippen LogP contribution in [0.4, 0.5) is 10.1 Å². The molecule has 2 aliphatic rings. The van der Waals surface area contributed by atoms with Gasteiger partial charge in [-0.2, -0.15) is 0 Å². The number of carbonyl (C=O) groups is 1. The first-order valence-corrected chi connectivity index (χ1v) is 11.0. The van der Waals surface area contributed by atoms with Gasteiger partial charge in [0.15, 0.2) is 0 Å². The number of H-pyrrole nitrogens is 1. The molecule has 2 aromatic carbocycles. The van der Waals surface area contributed by atoms with E-state index in [2.05, 4.69) is 14.9 Å². The van der Waals surface area contributed by atoms with Gasteiger partial charge in [0.1, 0.15) is 17.4 Å². The normalized spacial score (nSPS) is 17.5. The molecule has 0 bridgehead atoms. The number of aromatic nitrogens is 2. The third kappa shape index (κ3) is 3.84. The number of likely N-dealkylation sites (tertiary alicyclic amines) is 1. The van der Waals surface area contributed by atoms with Gasteiger partial charge in [0.05, 0.1) is 23.7 Å². The quantitative estimate of drug-likeness (QED) is 0.684. The van der Waals surface area contributed by atoms with Gasteiger partial charge in [0, 0.05) is 43.9 Å². The van der Waals surface area contributed by atoms with E-state index in [0.717, 1.165) is 68.6 Å². The largest absolute Gasteiger partial charge is 0.497 e. The standard InChI is InChI=1S/C24H27FN4O2/c1-31-18-5-7-21-22(15-18)27-23(26-21)19-14-17(4-6-20(19)25)28-12-8-16(9-13-28)24(30)29-10-2-3-11-29/h4-7,14-16H,2-3,8-13H2,1H3,(H,26,27). The molecule has 1 aromatic heterocycles. The van der Waals surface area contributed by atoms with Crippen LogP contribution in [0.3, 0.4) is 0 Å². The van der Waals surface area contributed by atoms with Crippen molar-refractivity contribution in [2.45, 2.75) is 25.7 Å². The van der Waals surface area contributed by atoms with Crippen LogP contribution in [-0.2, 0) is 4.79 Å². The molecule has 5 rings (SSSR count). The number of rotatable bonds is 4. The lowest BCUT2D eigenvalue weighted by atomic mass is 9.95. The number of anilines is 1. The molecule has 0 radical (unpaired) electrons. The number of fused-ring (bicyclic) bond motifs is 1. The highest BCUT2D eigenvalue weighted by Crippen LogP contribution is 2.31. The van der Waals surface area contributed by atoms with E-state index in [9.17, 15) is 9.18 Å². The van der Waals surface area contributed by atoms with E-state index in [1.165, 1.54) is 6.07 Å². The average Bonchev–Trinajstić information content (AvgIpc) is 3.48. The third-order valence-electron chi connectivity index (χ3n) is 6.52. The van der Waals surface area contributed by atoms with Crippen molar-refractivity contribution in [3.63, 3.8) is 0 Å². The molecule has 162 valence electrons. The van der Waals surface area contributed by atoms with Gasteiger partial charge in [-0.05, 0) is 56.0 Å². The molecule has 2 fully saturated rings. The second-order valence-electron chi connectivity index (χ2n) is 8.43. The lowest BCUT2D eigenvalue weighted by Crippen LogP contribution is -2.41. The van der Waals surface area contributed by atoms with Crippen molar-refractivity contribution in [2.24, 2.45) is 5.92 Å². The predicted octanol–water partition coefficient (Wildman–Crippen LogP) is 4.22. The second kappa shape index (κ2) is 8.21. The van der Waals surface area contributed by atoms with Crippen LogP contribution in [0, 0.1) is 11.7 Å². The van der Waals surface area contributed by atoms with Crippen molar-refractivity contribution in [1.82, 2.24) is 14.9 Å². The van der Waals surface area contributed by atoms with E-state index in [-0.39, 0.29) is 11.7 Å². The summed E-state index contributed by atoms with van der Waals surface area (Å²) in [5.41, 5.74) is 2.98. The van der Waals surface area contributed by atoms with Gasteiger partial charge in [0.2, 0.25) is 5.91 Å². The third-order valence-corrected chi connectivity index (χ3v) is 6.52. The molecule has 0 aliphatic carbocycles. The Morgan fingerprint density at radius 3 is 2.61 bits per heavy atom. The van der Waals surface area contributed by atoms with Crippen LogP contribution in [0.25, 0.3) is 22.4 Å². The number of carbonyl (C=O) groups excluding carboxylic acids is 1. The molecule has 1 amide bonds. The Morgan fingerprint density at radius 1 is 1.10 bits per heavy atom. The van der Waals surface area contributed by atoms with Crippen LogP contribution in [-0.4, -0.2) is 54.1 Å². The fourth-order valence-electron chi connectivity index (χ4n) is 4.71. The molecule has 0 saturated carbocycles. The summed E-state index contributed by atoms with van der Waals surface area (Å²) in [6, 6.07) is 10.7. The highest BCUT2D eigenvalue weighted by Gasteiger charge is 2.30. The summed E-state index contributed by atoms with van der Waals surface area (Å²) >= 11 is 0. The highest BCUT2D eigenvalue weighted by molar-refractivity contribution is 5.82. The summed E-state index contributed by atoms with van der Waals surface area (Å²) in [7, 11) is 1.61. The van der Waals surface area contributed by atoms with Gasteiger partial charge in [-0.25, -0.2) is 9.37 Å². The molecule has 3 heterocycles. The maximum Gasteiger partial charge on any atom is 0.225 e. The van der Waals surface area contributed by atoms with E-state index in [4.69, 9.17) is 4.74 Å². The van der Waals surface area contributed by atoms with Crippen LogP contribution in [0.5, 0.6) is 5.75 Å². The van der Waals surface area contributed by atoms with Gasteiger partial charge in [-0.3, -0.25) is 4.79 Å². The highest BCUT2D eigenvalue weighted by atomic mass is 19.1. The maximum atomic E-state index is 14.7. The van der Waals surface area contributed by atoms with Crippen molar-refractivity contribution in [3.8, 4) is 17.1 Å². The summed E-state index contributed by atoms with van der Waals surface area (Å²) in [6.45, 7) is 3.41. The Kier molecular flexibility index (Phi) is 5.26. The number of amides is 1. The zero-order valence-electron chi connectivity index (χ0n) is 17.7. The number of benzene rings is 2. The van der Waals surface area contributed by atoms with Crippen molar-refractivity contribution in [3.05, 3.63) is 42.2 Å². The molecule has 0 unspecified atom stereocenters. The van der Waals surface area contributed by atoms with Crippen molar-refractivity contribution < 1.29 is 13.9 Å². The monoisotopic (exact) mass is 422 g/mol. The summed E-state index contributed by atoms with van der Waals surface area (Å²) in [4.78, 5) is 24.7. The molecule has 7 heteroatoms. The zero-order chi connectivity index (χ0) is 21.4. The number of piperidine rings is 1. The smallest absolute Gasteiger partial charge is 0.225 e. The number of nitrogens with zero attached hydrogens (tertiary/aromatic N) is 3. The Bertz CT molecular complexity index is 1100. The van der Waals surface area contributed by atoms with Gasteiger partial charge < -0.3 is 19.5 Å². The van der Waals surface area contributed by atoms with Crippen molar-refractivity contribution in [1.29, 1.82) is 0 Å². The molecule has 0 atom stereocenters. The van der Waals surface area contributed by atoms with Crippen molar-refractivity contribution in [2.75, 3.05) is 38.2 Å². The van der Waals surface area contributed by atoms with E-state index >= 15 is 0 Å². The predicted molar refractivity (Wildman–Crippen MR) is 119 cm³/mol. The second-order valence-corrected chi connectivity index (χ2v) is 8.43. The Hall–Kier alpha value is -3.09.